The number of piperidine rings is 1. The van der Waals surface area contributed by atoms with Crippen LogP contribution in [0.4, 0.5) is 5.69 Å². The molecule has 1 aromatic carbocycles. The molecule has 2 aliphatic heterocycles. The van der Waals surface area contributed by atoms with E-state index in [9.17, 15) is 48.3 Å². The molecule has 0 saturated carbocycles. The number of likely N-dealkylation sites (tertiary alicyclic amines) is 2. The van der Waals surface area contributed by atoms with E-state index < -0.39 is 53.9 Å². The lowest BCUT2D eigenvalue weighted by atomic mass is 9.92. The molecule has 19 nitrogen and oxygen atoms in total. The molecular weight excluding hydrogens is 965 g/mol. The lowest BCUT2D eigenvalue weighted by Gasteiger charge is -2.38. The summed E-state index contributed by atoms with van der Waals surface area (Å²) in [5.74, 6) is -4.73. The van der Waals surface area contributed by atoms with Crippen molar-refractivity contribution in [2.75, 3.05) is 45.3 Å². The summed E-state index contributed by atoms with van der Waals surface area (Å²) in [6.07, 6.45) is 6.90. The zero-order valence-electron chi connectivity index (χ0n) is 43.3. The average Bonchev–Trinajstić information content (AvgIpc) is 3.94. The van der Waals surface area contributed by atoms with Crippen molar-refractivity contribution in [3.63, 3.8) is 0 Å². The molecule has 72 heavy (non-hydrogen) atoms. The predicted molar refractivity (Wildman–Crippen MR) is 276 cm³/mol. The van der Waals surface area contributed by atoms with Crippen LogP contribution in [0.2, 0.25) is 0 Å². The Morgan fingerprint density at radius 1 is 0.972 bits per heavy atom. The van der Waals surface area contributed by atoms with Crippen molar-refractivity contribution in [3.8, 4) is 0 Å². The minimum atomic E-state index is -1.03. The number of nitrogens with zero attached hydrogens (tertiary/aromatic N) is 4. The number of thiazole rings is 1. The van der Waals surface area contributed by atoms with Crippen molar-refractivity contribution in [1.82, 2.24) is 35.6 Å². The zero-order chi connectivity index (χ0) is 53.2. The molecule has 398 valence electrons. The lowest BCUT2D eigenvalue weighted by molar-refractivity contribution is -0.149. The summed E-state index contributed by atoms with van der Waals surface area (Å²) >= 11 is 2.49. The number of imide groups is 1. The van der Waals surface area contributed by atoms with Gasteiger partial charge in [0.1, 0.15) is 16.7 Å². The molecule has 2 fully saturated rings. The molecule has 4 rings (SSSR count). The Labute approximate surface area is 432 Å². The van der Waals surface area contributed by atoms with E-state index in [2.05, 4.69) is 26.3 Å². The van der Waals surface area contributed by atoms with E-state index in [1.807, 2.05) is 39.6 Å². The predicted octanol–water partition coefficient (Wildman–Crippen LogP) is 5.19. The standard InChI is InChI=1S/C51H76N8O11S2/c1-10-31(4)45(56-47(65)38-16-13-15-22-57(38)7)50(67)58(8)39(30(2)3)26-40(70-33(6)60)48-55-37(29-72-48)46(64)54-36(24-32(5)51(68)69)25-34-18-20-35(21-19-34)53-43(62)28-52-42(61)17-12-11-14-23-59-44(63)27-41(71-9)49(59)66/h18-21,29-32,36,38-41,45H,10-17,22-28H2,1-9H3,(H,52,61)(H,53,62)(H,54,64)(H,56,65)(H,68,69)/t31-,32?,36+,38+,39+,40+,41?,45-/m0/s1. The fraction of sp³-hybridized carbons (Fsp3) is 0.647. The lowest BCUT2D eigenvalue weighted by Crippen LogP contribution is -2.58. The number of unbranched alkanes of at least 4 members (excludes halogenated alkanes) is 2. The third-order valence-corrected chi connectivity index (χ3v) is 15.5. The minimum Gasteiger partial charge on any atom is -0.481 e. The van der Waals surface area contributed by atoms with E-state index in [0.717, 1.165) is 42.7 Å². The number of carboxylic acid groups (broad SMARTS) is 1. The summed E-state index contributed by atoms with van der Waals surface area (Å²) in [5, 5.41) is 22.7. The quantitative estimate of drug-likeness (QED) is 0.0418. The SMILES string of the molecule is CC[C@H](C)[C@H](NC(=O)[C@H]1CCCCN1C)C(=O)N(C)[C@H](C[C@@H](OC(C)=O)c1nc(C(=O)N[C@@H](Cc2ccc(NC(=O)CNC(=O)CCCCCN3C(=O)CC(SC)C3=O)cc2)CC(C)C(=O)O)cs1)C(C)C. The number of aliphatic carboxylic acids is 1. The summed E-state index contributed by atoms with van der Waals surface area (Å²) in [7, 11) is 3.62. The van der Waals surface area contributed by atoms with E-state index >= 15 is 0 Å². The Morgan fingerprint density at radius 2 is 1.68 bits per heavy atom. The van der Waals surface area contributed by atoms with Gasteiger partial charge in [-0.3, -0.25) is 53.0 Å². The second kappa shape index (κ2) is 28.7. The smallest absolute Gasteiger partial charge is 0.306 e. The van der Waals surface area contributed by atoms with Gasteiger partial charge in [0.2, 0.25) is 35.4 Å². The van der Waals surface area contributed by atoms with Crippen molar-refractivity contribution in [2.45, 2.75) is 154 Å². The van der Waals surface area contributed by atoms with E-state index in [-0.39, 0.29) is 97.0 Å². The van der Waals surface area contributed by atoms with Gasteiger partial charge in [-0.1, -0.05) is 66.0 Å². The second-order valence-electron chi connectivity index (χ2n) is 19.5. The Morgan fingerprint density at radius 3 is 2.29 bits per heavy atom. The minimum absolute atomic E-state index is 0.0420. The number of carboxylic acids is 1. The monoisotopic (exact) mass is 1040 g/mol. The number of amides is 7. The highest BCUT2D eigenvalue weighted by Gasteiger charge is 2.39. The van der Waals surface area contributed by atoms with Crippen LogP contribution in [0.25, 0.3) is 0 Å². The van der Waals surface area contributed by atoms with Crippen LogP contribution in [0.3, 0.4) is 0 Å². The van der Waals surface area contributed by atoms with Gasteiger partial charge in [0.25, 0.3) is 5.91 Å². The summed E-state index contributed by atoms with van der Waals surface area (Å²) in [5.41, 5.74) is 1.25. The van der Waals surface area contributed by atoms with E-state index in [4.69, 9.17) is 4.74 Å². The molecule has 2 aliphatic rings. The highest BCUT2D eigenvalue weighted by atomic mass is 32.2. The molecule has 0 radical (unpaired) electrons. The summed E-state index contributed by atoms with van der Waals surface area (Å²) in [6.45, 7) is 11.5. The maximum atomic E-state index is 14.3. The van der Waals surface area contributed by atoms with Crippen molar-refractivity contribution < 1.29 is 53.0 Å². The van der Waals surface area contributed by atoms with Crippen LogP contribution in [0.15, 0.2) is 29.6 Å². The fourth-order valence-electron chi connectivity index (χ4n) is 9.02. The van der Waals surface area contributed by atoms with Gasteiger partial charge in [0, 0.05) is 62.9 Å². The first-order valence-electron chi connectivity index (χ1n) is 25.1. The third kappa shape index (κ3) is 17.7. The highest BCUT2D eigenvalue weighted by Crippen LogP contribution is 2.32. The molecule has 7 amide bonds. The van der Waals surface area contributed by atoms with Gasteiger partial charge in [-0.25, -0.2) is 4.98 Å². The van der Waals surface area contributed by atoms with Crippen LogP contribution in [0.5, 0.6) is 0 Å². The number of ether oxygens (including phenoxy) is 1. The van der Waals surface area contributed by atoms with Crippen LogP contribution in [-0.4, -0.2) is 147 Å². The van der Waals surface area contributed by atoms with E-state index in [1.165, 1.54) is 23.6 Å². The van der Waals surface area contributed by atoms with Gasteiger partial charge >= 0.3 is 11.9 Å². The van der Waals surface area contributed by atoms with Crippen LogP contribution < -0.4 is 21.3 Å². The molecule has 1 aromatic heterocycles. The number of aromatic nitrogens is 1. The van der Waals surface area contributed by atoms with Gasteiger partial charge < -0.3 is 36.0 Å². The number of esters is 1. The summed E-state index contributed by atoms with van der Waals surface area (Å²) < 4.78 is 5.80. The van der Waals surface area contributed by atoms with Crippen LogP contribution in [0.1, 0.15) is 139 Å². The third-order valence-electron chi connectivity index (χ3n) is 13.6. The summed E-state index contributed by atoms with van der Waals surface area (Å²) in [4.78, 5) is 125. The van der Waals surface area contributed by atoms with Crippen molar-refractivity contribution >= 4 is 82.1 Å². The summed E-state index contributed by atoms with van der Waals surface area (Å²) in [6, 6.07) is 4.64. The molecule has 3 heterocycles. The zero-order valence-corrected chi connectivity index (χ0v) is 45.0. The van der Waals surface area contributed by atoms with E-state index in [0.29, 0.717) is 42.9 Å². The molecule has 2 aromatic rings. The number of hydrogen-bond donors (Lipinski definition) is 5. The number of nitrogens with one attached hydrogen (secondary N) is 4. The molecule has 8 atom stereocenters. The van der Waals surface area contributed by atoms with Gasteiger partial charge in [0.15, 0.2) is 6.10 Å². The van der Waals surface area contributed by atoms with Crippen molar-refractivity contribution in [2.24, 2.45) is 17.8 Å². The fourth-order valence-corrected chi connectivity index (χ4v) is 10.5. The molecule has 21 heteroatoms. The first kappa shape index (κ1) is 59.2. The molecule has 0 spiro atoms. The Hall–Kier alpha value is -5.41. The molecular formula is C51H76N8O11S2. The topological polar surface area (TPSA) is 254 Å². The average molecular weight is 1040 g/mol. The van der Waals surface area contributed by atoms with Gasteiger partial charge in [-0.15, -0.1) is 11.3 Å². The second-order valence-corrected chi connectivity index (χ2v) is 21.5. The van der Waals surface area contributed by atoms with Crippen LogP contribution in [-0.2, 0) is 49.5 Å². The maximum Gasteiger partial charge on any atom is 0.306 e. The van der Waals surface area contributed by atoms with Crippen molar-refractivity contribution in [1.29, 1.82) is 0 Å². The first-order chi connectivity index (χ1) is 34.1. The Kier molecular flexibility index (Phi) is 23.6. The number of likely N-dealkylation sites (N-methyl/N-ethyl adjacent to an activating group) is 2. The normalized spacial score (nSPS) is 18.6. The molecule has 0 aliphatic carbocycles. The number of carbonyl (C=O) groups is 9. The van der Waals surface area contributed by atoms with Gasteiger partial charge in [0.05, 0.1) is 23.8 Å². The number of thioether (sulfide) groups is 1. The number of carbonyl (C=O) groups excluding carboxylic acids is 8. The Balaban J connectivity index is 1.35. The largest absolute Gasteiger partial charge is 0.481 e. The molecule has 2 unspecified atom stereocenters. The number of benzene rings is 1. The molecule has 2 saturated heterocycles. The number of hydrogen-bond acceptors (Lipinski definition) is 14. The number of rotatable bonds is 28. The molecule has 5 N–H and O–H groups in total. The Bertz CT molecular complexity index is 2210. The van der Waals surface area contributed by atoms with Gasteiger partial charge in [-0.2, -0.15) is 11.8 Å². The maximum absolute atomic E-state index is 14.3. The first-order valence-corrected chi connectivity index (χ1v) is 27.3. The number of anilines is 1. The molecule has 0 bridgehead atoms. The van der Waals surface area contributed by atoms with E-state index in [1.54, 1.807) is 54.8 Å². The van der Waals surface area contributed by atoms with Crippen LogP contribution in [0, 0.1) is 17.8 Å². The van der Waals surface area contributed by atoms with Gasteiger partial charge in [-0.05, 0) is 87.9 Å². The highest BCUT2D eigenvalue weighted by molar-refractivity contribution is 8.00. The van der Waals surface area contributed by atoms with Crippen LogP contribution >= 0.6 is 23.1 Å². The van der Waals surface area contributed by atoms with Crippen molar-refractivity contribution in [3.05, 3.63) is 45.9 Å².